The van der Waals surface area contributed by atoms with E-state index in [1.54, 1.807) is 0 Å². The maximum Gasteiger partial charge on any atom is 0.162 e. The molecule has 0 radical (unpaired) electrons. The van der Waals surface area contributed by atoms with E-state index in [0.717, 1.165) is 12.8 Å². The number of hydrogen-bond donors (Lipinski definition) is 1. The van der Waals surface area contributed by atoms with E-state index in [0.29, 0.717) is 6.42 Å². The third kappa shape index (κ3) is 2.31. The van der Waals surface area contributed by atoms with Crippen molar-refractivity contribution in [2.45, 2.75) is 46.1 Å². The van der Waals surface area contributed by atoms with E-state index in [4.69, 9.17) is 0 Å². The van der Waals surface area contributed by atoms with Crippen LogP contribution in [0.15, 0.2) is 0 Å². The minimum absolute atomic E-state index is 0.0185. The summed E-state index contributed by atoms with van der Waals surface area (Å²) >= 11 is 0. The Hall–Kier alpha value is -0.370. The van der Waals surface area contributed by atoms with Crippen LogP contribution < -0.4 is 0 Å². The van der Waals surface area contributed by atoms with E-state index in [2.05, 4.69) is 6.92 Å². The van der Waals surface area contributed by atoms with Gasteiger partial charge < -0.3 is 5.11 Å². The number of hydrogen-bond acceptors (Lipinski definition) is 2. The summed E-state index contributed by atoms with van der Waals surface area (Å²) in [6, 6.07) is 0. The molecule has 0 aromatic heterocycles. The highest BCUT2D eigenvalue weighted by molar-refractivity contribution is 5.83. The fourth-order valence-electron chi connectivity index (χ4n) is 1.29. The smallest absolute Gasteiger partial charge is 0.162 e. The molecule has 1 fully saturated rings. The predicted octanol–water partition coefficient (Wildman–Crippen LogP) is 1.76. The minimum atomic E-state index is -0.748. The molecule has 0 spiro atoms. The Balaban J connectivity index is 2.37. The van der Waals surface area contributed by atoms with Gasteiger partial charge >= 0.3 is 0 Å². The van der Waals surface area contributed by atoms with Crippen LogP contribution in [0.2, 0.25) is 0 Å². The first-order valence-electron chi connectivity index (χ1n) is 4.65. The van der Waals surface area contributed by atoms with Crippen LogP contribution in [-0.2, 0) is 4.79 Å². The third-order valence-corrected chi connectivity index (χ3v) is 2.67. The standard InChI is InChI=1S/C10H18O2/c1-7(2)9(12)8(11)6-10(3)4-5-10/h7,9,12H,4-6H2,1-3H3. The number of Topliss-reactive ketones (excluding diaryl/α,β-unsaturated/α-hetero) is 1. The second-order valence-corrected chi connectivity index (χ2v) is 4.64. The van der Waals surface area contributed by atoms with Gasteiger partial charge in [0.05, 0.1) is 0 Å². The highest BCUT2D eigenvalue weighted by Crippen LogP contribution is 2.48. The van der Waals surface area contributed by atoms with Crippen molar-refractivity contribution in [2.75, 3.05) is 0 Å². The summed E-state index contributed by atoms with van der Waals surface area (Å²) in [6.45, 7) is 5.85. The monoisotopic (exact) mass is 170 g/mol. The molecule has 0 bridgehead atoms. The summed E-state index contributed by atoms with van der Waals surface area (Å²) < 4.78 is 0. The number of aliphatic hydroxyl groups excluding tert-OH is 1. The number of carbonyl (C=O) groups is 1. The van der Waals surface area contributed by atoms with Gasteiger partial charge in [-0.25, -0.2) is 0 Å². The van der Waals surface area contributed by atoms with Gasteiger partial charge in [-0.3, -0.25) is 4.79 Å². The van der Waals surface area contributed by atoms with Gasteiger partial charge in [-0.15, -0.1) is 0 Å². The molecular formula is C10H18O2. The minimum Gasteiger partial charge on any atom is -0.385 e. The number of rotatable bonds is 4. The Morgan fingerprint density at radius 2 is 2.00 bits per heavy atom. The molecular weight excluding hydrogens is 152 g/mol. The van der Waals surface area contributed by atoms with Crippen molar-refractivity contribution in [3.63, 3.8) is 0 Å². The van der Waals surface area contributed by atoms with Crippen LogP contribution in [0.1, 0.15) is 40.0 Å². The maximum absolute atomic E-state index is 11.4. The van der Waals surface area contributed by atoms with Crippen LogP contribution in [0.3, 0.4) is 0 Å². The molecule has 1 unspecified atom stereocenters. The van der Waals surface area contributed by atoms with Crippen molar-refractivity contribution in [1.82, 2.24) is 0 Å². The quantitative estimate of drug-likeness (QED) is 0.698. The van der Waals surface area contributed by atoms with Crippen LogP contribution in [0.25, 0.3) is 0 Å². The van der Waals surface area contributed by atoms with E-state index in [-0.39, 0.29) is 17.1 Å². The number of carbonyl (C=O) groups excluding carboxylic acids is 1. The molecule has 2 heteroatoms. The predicted molar refractivity (Wildman–Crippen MR) is 47.8 cm³/mol. The normalized spacial score (nSPS) is 22.4. The molecule has 12 heavy (non-hydrogen) atoms. The first kappa shape index (κ1) is 9.72. The van der Waals surface area contributed by atoms with Crippen molar-refractivity contribution < 1.29 is 9.90 Å². The Morgan fingerprint density at radius 1 is 1.50 bits per heavy atom. The van der Waals surface area contributed by atoms with Gasteiger partial charge in [-0.05, 0) is 24.2 Å². The zero-order valence-electron chi connectivity index (χ0n) is 8.13. The van der Waals surface area contributed by atoms with Gasteiger partial charge in [0.25, 0.3) is 0 Å². The molecule has 70 valence electrons. The molecule has 1 saturated carbocycles. The van der Waals surface area contributed by atoms with Crippen LogP contribution >= 0.6 is 0 Å². The highest BCUT2D eigenvalue weighted by atomic mass is 16.3. The molecule has 0 aromatic carbocycles. The highest BCUT2D eigenvalue weighted by Gasteiger charge is 2.40. The van der Waals surface area contributed by atoms with Crippen molar-refractivity contribution in [1.29, 1.82) is 0 Å². The first-order chi connectivity index (χ1) is 5.44. The summed E-state index contributed by atoms with van der Waals surface area (Å²) in [5, 5.41) is 9.44. The topological polar surface area (TPSA) is 37.3 Å². The SMILES string of the molecule is CC(C)C(O)C(=O)CC1(C)CC1. The molecule has 0 amide bonds. The second-order valence-electron chi connectivity index (χ2n) is 4.64. The average Bonchev–Trinajstić information content (AvgIpc) is 2.66. The van der Waals surface area contributed by atoms with Gasteiger partial charge in [0.1, 0.15) is 6.10 Å². The van der Waals surface area contributed by atoms with Gasteiger partial charge in [0.15, 0.2) is 5.78 Å². The Kier molecular flexibility index (Phi) is 2.57. The van der Waals surface area contributed by atoms with E-state index in [9.17, 15) is 9.90 Å². The summed E-state index contributed by atoms with van der Waals surface area (Å²) in [4.78, 5) is 11.4. The van der Waals surface area contributed by atoms with Crippen molar-refractivity contribution >= 4 is 5.78 Å². The Labute approximate surface area is 74.0 Å². The van der Waals surface area contributed by atoms with Gasteiger partial charge in [0, 0.05) is 6.42 Å². The van der Waals surface area contributed by atoms with Crippen molar-refractivity contribution in [3.8, 4) is 0 Å². The summed E-state index contributed by atoms with van der Waals surface area (Å²) in [5.41, 5.74) is 0.229. The summed E-state index contributed by atoms with van der Waals surface area (Å²) in [5.74, 6) is 0.0739. The lowest BCUT2D eigenvalue weighted by molar-refractivity contribution is -0.130. The van der Waals surface area contributed by atoms with Crippen LogP contribution in [0, 0.1) is 11.3 Å². The van der Waals surface area contributed by atoms with Gasteiger partial charge in [-0.1, -0.05) is 20.8 Å². The molecule has 0 aromatic rings. The molecule has 1 aliphatic carbocycles. The fourth-order valence-corrected chi connectivity index (χ4v) is 1.29. The number of aliphatic hydroxyl groups is 1. The molecule has 0 aliphatic heterocycles. The van der Waals surface area contributed by atoms with Crippen LogP contribution in [-0.4, -0.2) is 17.0 Å². The van der Waals surface area contributed by atoms with Gasteiger partial charge in [0.2, 0.25) is 0 Å². The zero-order valence-corrected chi connectivity index (χ0v) is 8.13. The fraction of sp³-hybridized carbons (Fsp3) is 0.900. The lowest BCUT2D eigenvalue weighted by atomic mass is 9.94. The second kappa shape index (κ2) is 3.17. The van der Waals surface area contributed by atoms with E-state index in [1.807, 2.05) is 13.8 Å². The molecule has 1 rings (SSSR count). The van der Waals surface area contributed by atoms with E-state index < -0.39 is 6.10 Å². The number of ketones is 1. The third-order valence-electron chi connectivity index (χ3n) is 2.67. The molecule has 1 atom stereocenters. The lowest BCUT2D eigenvalue weighted by Gasteiger charge is -2.15. The first-order valence-corrected chi connectivity index (χ1v) is 4.65. The van der Waals surface area contributed by atoms with Crippen LogP contribution in [0.5, 0.6) is 0 Å². The average molecular weight is 170 g/mol. The zero-order chi connectivity index (χ0) is 9.35. The van der Waals surface area contributed by atoms with E-state index in [1.165, 1.54) is 0 Å². The summed E-state index contributed by atoms with van der Waals surface area (Å²) in [6.07, 6.45) is 2.10. The molecule has 1 aliphatic rings. The van der Waals surface area contributed by atoms with E-state index >= 15 is 0 Å². The Morgan fingerprint density at radius 3 is 2.33 bits per heavy atom. The maximum atomic E-state index is 11.4. The molecule has 1 N–H and O–H groups in total. The van der Waals surface area contributed by atoms with Crippen molar-refractivity contribution in [2.24, 2.45) is 11.3 Å². The van der Waals surface area contributed by atoms with Crippen LogP contribution in [0.4, 0.5) is 0 Å². The molecule has 0 saturated heterocycles. The summed E-state index contributed by atoms with van der Waals surface area (Å²) in [7, 11) is 0. The lowest BCUT2D eigenvalue weighted by Crippen LogP contribution is -2.27. The largest absolute Gasteiger partial charge is 0.385 e. The molecule has 0 heterocycles. The Bertz CT molecular complexity index is 180. The van der Waals surface area contributed by atoms with Crippen molar-refractivity contribution in [3.05, 3.63) is 0 Å². The van der Waals surface area contributed by atoms with Gasteiger partial charge in [-0.2, -0.15) is 0 Å². The molecule has 2 nitrogen and oxygen atoms in total.